The smallest absolute Gasteiger partial charge is 0.313 e. The van der Waals surface area contributed by atoms with Crippen molar-refractivity contribution < 1.29 is 19.1 Å². The van der Waals surface area contributed by atoms with Gasteiger partial charge in [-0.1, -0.05) is 48.2 Å². The summed E-state index contributed by atoms with van der Waals surface area (Å²) >= 11 is 1.02. The number of thioether (sulfide) groups is 1. The van der Waals surface area contributed by atoms with Gasteiger partial charge in [0.1, 0.15) is 11.2 Å². The van der Waals surface area contributed by atoms with Crippen LogP contribution in [-0.4, -0.2) is 44.5 Å². The largest absolute Gasteiger partial charge is 0.481 e. The number of carbonyl (C=O) groups excluding carboxylic acids is 1. The van der Waals surface area contributed by atoms with E-state index in [0.29, 0.717) is 28.5 Å². The number of aromatic nitrogens is 3. The molecule has 0 amide bonds. The van der Waals surface area contributed by atoms with Gasteiger partial charge in [0.25, 0.3) is 0 Å². The first-order valence-corrected chi connectivity index (χ1v) is 10.9. The van der Waals surface area contributed by atoms with Gasteiger partial charge in [-0.2, -0.15) is 0 Å². The minimum atomic E-state index is -0.947. The maximum absolute atomic E-state index is 10.8. The number of carboxylic acid groups (broad SMARTS) is 1. The zero-order chi connectivity index (χ0) is 22.8. The summed E-state index contributed by atoms with van der Waals surface area (Å²) in [6, 6.07) is 19.4. The minimum absolute atomic E-state index is 0.139. The Hall–Kier alpha value is -4.24. The number of carboxylic acids is 1. The van der Waals surface area contributed by atoms with Crippen LogP contribution in [0.5, 0.6) is 0 Å². The summed E-state index contributed by atoms with van der Waals surface area (Å²) in [7, 11) is 0. The SMILES string of the molecule is O=CC=Nc1cc(-c2nc(SCC(=O)O)n[nH]2)cc(-c2cccc3c2oc2ccccc23)c1. The molecule has 0 unspecified atom stereocenters. The molecule has 2 N–H and O–H groups in total. The van der Waals surface area contributed by atoms with Gasteiger partial charge in [0.2, 0.25) is 5.16 Å². The average Bonchev–Trinajstić information content (AvgIpc) is 3.46. The Kier molecular flexibility index (Phi) is 5.45. The third kappa shape index (κ3) is 4.13. The number of aliphatic carboxylic acids is 1. The fourth-order valence-corrected chi connectivity index (χ4v) is 4.15. The monoisotopic (exact) mass is 456 g/mol. The molecule has 3 aromatic carbocycles. The van der Waals surface area contributed by atoms with Crippen molar-refractivity contribution in [2.45, 2.75) is 5.16 Å². The normalized spacial score (nSPS) is 11.5. The number of nitrogens with one attached hydrogen (secondary N) is 1. The number of rotatable bonds is 7. The van der Waals surface area contributed by atoms with Crippen LogP contribution in [0.25, 0.3) is 44.5 Å². The number of H-pyrrole nitrogens is 1. The molecule has 5 rings (SSSR count). The molecule has 0 aliphatic carbocycles. The van der Waals surface area contributed by atoms with Gasteiger partial charge in [-0.25, -0.2) is 4.98 Å². The number of benzene rings is 3. The second kappa shape index (κ2) is 8.71. The Morgan fingerprint density at radius 1 is 1.09 bits per heavy atom. The Morgan fingerprint density at radius 3 is 2.76 bits per heavy atom. The van der Waals surface area contributed by atoms with E-state index in [-0.39, 0.29) is 5.75 Å². The minimum Gasteiger partial charge on any atom is -0.481 e. The molecule has 33 heavy (non-hydrogen) atoms. The Bertz CT molecular complexity index is 1540. The van der Waals surface area contributed by atoms with Gasteiger partial charge in [-0.3, -0.25) is 19.7 Å². The third-order valence-corrected chi connectivity index (χ3v) is 5.81. The number of fused-ring (bicyclic) bond motifs is 3. The first-order valence-electron chi connectivity index (χ1n) is 9.93. The van der Waals surface area contributed by atoms with Crippen LogP contribution < -0.4 is 0 Å². The predicted octanol–water partition coefficient (Wildman–Crippen LogP) is 5.12. The molecule has 9 heteroatoms. The highest BCUT2D eigenvalue weighted by Gasteiger charge is 2.15. The lowest BCUT2D eigenvalue weighted by Crippen LogP contribution is -1.97. The summed E-state index contributed by atoms with van der Waals surface area (Å²) in [5.74, 6) is -0.623. The molecule has 0 saturated heterocycles. The van der Waals surface area contributed by atoms with Crippen LogP contribution in [0.2, 0.25) is 0 Å². The standard InChI is InChI=1S/C24H16N4O4S/c29-9-8-25-16-11-14(10-15(12-16)23-26-24(28-27-23)33-13-21(30)31)17-5-3-6-19-18-4-1-2-7-20(18)32-22(17)19/h1-12H,13H2,(H,30,31)(H,26,27,28). The number of nitrogens with zero attached hydrogens (tertiary/aromatic N) is 3. The highest BCUT2D eigenvalue weighted by atomic mass is 32.2. The third-order valence-electron chi connectivity index (χ3n) is 4.98. The predicted molar refractivity (Wildman–Crippen MR) is 127 cm³/mol. The summed E-state index contributed by atoms with van der Waals surface area (Å²) in [6.45, 7) is 0. The van der Waals surface area contributed by atoms with Crippen LogP contribution in [-0.2, 0) is 9.59 Å². The van der Waals surface area contributed by atoms with Crippen LogP contribution in [0.4, 0.5) is 5.69 Å². The number of para-hydroxylation sites is 2. The lowest BCUT2D eigenvalue weighted by Gasteiger charge is -2.07. The molecule has 0 aliphatic rings. The van der Waals surface area contributed by atoms with Gasteiger partial charge >= 0.3 is 5.97 Å². The maximum atomic E-state index is 10.8. The number of aromatic amines is 1. The van der Waals surface area contributed by atoms with E-state index in [9.17, 15) is 9.59 Å². The van der Waals surface area contributed by atoms with Gasteiger partial charge in [0, 0.05) is 21.9 Å². The van der Waals surface area contributed by atoms with Crippen molar-refractivity contribution >= 4 is 57.9 Å². The second-order valence-electron chi connectivity index (χ2n) is 7.11. The van der Waals surface area contributed by atoms with Gasteiger partial charge in [-0.05, 0) is 29.8 Å². The summed E-state index contributed by atoms with van der Waals surface area (Å²) in [5.41, 5.74) is 4.48. The number of furan rings is 1. The van der Waals surface area contributed by atoms with Crippen molar-refractivity contribution in [1.82, 2.24) is 15.2 Å². The summed E-state index contributed by atoms with van der Waals surface area (Å²) in [5, 5.41) is 18.2. The van der Waals surface area contributed by atoms with Crippen LogP contribution in [0.1, 0.15) is 0 Å². The second-order valence-corrected chi connectivity index (χ2v) is 8.05. The first-order chi connectivity index (χ1) is 16.1. The van der Waals surface area contributed by atoms with Crippen LogP contribution in [0, 0.1) is 0 Å². The van der Waals surface area contributed by atoms with Crippen LogP contribution in [0.3, 0.4) is 0 Å². The zero-order valence-corrected chi connectivity index (χ0v) is 17.9. The molecule has 0 atom stereocenters. The lowest BCUT2D eigenvalue weighted by molar-refractivity contribution is -0.133. The molecule has 2 heterocycles. The molecule has 0 spiro atoms. The molecule has 0 radical (unpaired) electrons. The lowest BCUT2D eigenvalue weighted by atomic mass is 9.99. The van der Waals surface area contributed by atoms with E-state index < -0.39 is 5.97 Å². The Balaban J connectivity index is 1.65. The summed E-state index contributed by atoms with van der Waals surface area (Å²) in [6.07, 6.45) is 1.79. The molecule has 8 nitrogen and oxygen atoms in total. The zero-order valence-electron chi connectivity index (χ0n) is 17.1. The van der Waals surface area contributed by atoms with Crippen LogP contribution >= 0.6 is 11.8 Å². The van der Waals surface area contributed by atoms with Crippen molar-refractivity contribution in [3.63, 3.8) is 0 Å². The Morgan fingerprint density at radius 2 is 1.91 bits per heavy atom. The fraction of sp³-hybridized carbons (Fsp3) is 0.0417. The molecule has 5 aromatic rings. The Labute approximate surface area is 191 Å². The van der Waals surface area contributed by atoms with Crippen molar-refractivity contribution in [2.24, 2.45) is 4.99 Å². The highest BCUT2D eigenvalue weighted by molar-refractivity contribution is 7.99. The van der Waals surface area contributed by atoms with Crippen molar-refractivity contribution in [1.29, 1.82) is 0 Å². The van der Waals surface area contributed by atoms with E-state index in [1.807, 2.05) is 54.6 Å². The molecule has 162 valence electrons. The molecule has 0 fully saturated rings. The summed E-state index contributed by atoms with van der Waals surface area (Å²) in [4.78, 5) is 30.3. The van der Waals surface area contributed by atoms with E-state index in [4.69, 9.17) is 9.52 Å². The fourth-order valence-electron chi connectivity index (χ4n) is 3.64. The number of carbonyl (C=O) groups is 2. The van der Waals surface area contributed by atoms with E-state index >= 15 is 0 Å². The topological polar surface area (TPSA) is 121 Å². The molecule has 0 saturated carbocycles. The van der Waals surface area contributed by atoms with E-state index in [1.54, 1.807) is 6.07 Å². The maximum Gasteiger partial charge on any atom is 0.313 e. The molecule has 2 aromatic heterocycles. The molecule has 0 aliphatic heterocycles. The molecular weight excluding hydrogens is 440 g/mol. The van der Waals surface area contributed by atoms with E-state index in [2.05, 4.69) is 20.2 Å². The van der Waals surface area contributed by atoms with Gasteiger partial charge in [0.15, 0.2) is 12.1 Å². The van der Waals surface area contributed by atoms with E-state index in [0.717, 1.165) is 44.8 Å². The average molecular weight is 456 g/mol. The van der Waals surface area contributed by atoms with Crippen molar-refractivity contribution in [3.8, 4) is 22.5 Å². The highest BCUT2D eigenvalue weighted by Crippen LogP contribution is 2.38. The van der Waals surface area contributed by atoms with Gasteiger partial charge < -0.3 is 9.52 Å². The van der Waals surface area contributed by atoms with Gasteiger partial charge in [0.05, 0.1) is 17.7 Å². The first kappa shape index (κ1) is 20.7. The van der Waals surface area contributed by atoms with Crippen molar-refractivity contribution in [2.75, 3.05) is 5.75 Å². The summed E-state index contributed by atoms with van der Waals surface area (Å²) < 4.78 is 6.17. The number of aliphatic imine (C=N–C) groups is 1. The number of hydrogen-bond donors (Lipinski definition) is 2. The number of hydrogen-bond acceptors (Lipinski definition) is 7. The number of aldehydes is 1. The molecule has 0 bridgehead atoms. The van der Waals surface area contributed by atoms with Crippen molar-refractivity contribution in [3.05, 3.63) is 60.7 Å². The molecular formula is C24H16N4O4S. The quantitative estimate of drug-likeness (QED) is 0.198. The van der Waals surface area contributed by atoms with E-state index in [1.165, 1.54) is 6.21 Å². The van der Waals surface area contributed by atoms with Gasteiger partial charge in [-0.15, -0.1) is 5.10 Å². The van der Waals surface area contributed by atoms with Crippen LogP contribution in [0.15, 0.2) is 75.2 Å².